The van der Waals surface area contributed by atoms with Crippen molar-refractivity contribution in [2.45, 2.75) is 6.42 Å². The second kappa shape index (κ2) is 3.63. The standard InChI is InChI=1S/C9H6FNO/c1-11-9(12)6-7-2-4-8(10)5-3-7/h2-5H,6H2. The highest BCUT2D eigenvalue weighted by atomic mass is 19.1. The molecule has 0 atom stereocenters. The summed E-state index contributed by atoms with van der Waals surface area (Å²) in [6.45, 7) is 6.40. The average Bonchev–Trinajstić information content (AvgIpc) is 2.09. The first-order valence-electron chi connectivity index (χ1n) is 3.37. The third kappa shape index (κ3) is 2.17. The summed E-state index contributed by atoms with van der Waals surface area (Å²) in [6.07, 6.45) is 0.0593. The molecule has 0 radical (unpaired) electrons. The Labute approximate surface area is 69.5 Å². The highest BCUT2D eigenvalue weighted by Crippen LogP contribution is 2.03. The van der Waals surface area contributed by atoms with Gasteiger partial charge >= 0.3 is 5.91 Å². The van der Waals surface area contributed by atoms with Crippen molar-refractivity contribution in [2.24, 2.45) is 0 Å². The van der Waals surface area contributed by atoms with Crippen LogP contribution in [0.1, 0.15) is 5.56 Å². The fourth-order valence-corrected chi connectivity index (χ4v) is 0.816. The number of benzene rings is 1. The summed E-state index contributed by atoms with van der Waals surface area (Å²) >= 11 is 0. The second-order valence-corrected chi connectivity index (χ2v) is 2.31. The van der Waals surface area contributed by atoms with Gasteiger partial charge in [0.1, 0.15) is 5.82 Å². The molecule has 1 aromatic carbocycles. The van der Waals surface area contributed by atoms with Gasteiger partial charge in [0.15, 0.2) is 0 Å². The van der Waals surface area contributed by atoms with E-state index in [9.17, 15) is 9.18 Å². The van der Waals surface area contributed by atoms with Gasteiger partial charge in [-0.25, -0.2) is 4.39 Å². The predicted octanol–water partition coefficient (Wildman–Crippen LogP) is 1.81. The fraction of sp³-hybridized carbons (Fsp3) is 0.111. The lowest BCUT2D eigenvalue weighted by Gasteiger charge is -1.94. The SMILES string of the molecule is [C-]#[N+]C(=O)Cc1ccc(F)cc1. The molecule has 0 heterocycles. The Morgan fingerprint density at radius 3 is 2.50 bits per heavy atom. The first-order valence-corrected chi connectivity index (χ1v) is 3.37. The zero-order chi connectivity index (χ0) is 8.97. The van der Waals surface area contributed by atoms with Gasteiger partial charge in [0.05, 0.1) is 6.57 Å². The lowest BCUT2D eigenvalue weighted by atomic mass is 10.1. The van der Waals surface area contributed by atoms with Gasteiger partial charge in [-0.15, -0.1) is 0 Å². The number of amides is 1. The van der Waals surface area contributed by atoms with E-state index in [0.29, 0.717) is 5.56 Å². The number of hydrogen-bond donors (Lipinski definition) is 0. The normalized spacial score (nSPS) is 9.00. The Hall–Kier alpha value is -1.69. The minimum Gasteiger partial charge on any atom is -0.315 e. The first kappa shape index (κ1) is 8.41. The van der Waals surface area contributed by atoms with Crippen LogP contribution in [0.5, 0.6) is 0 Å². The van der Waals surface area contributed by atoms with Crippen LogP contribution >= 0.6 is 0 Å². The Morgan fingerprint density at radius 2 is 2.00 bits per heavy atom. The van der Waals surface area contributed by atoms with Gasteiger partial charge < -0.3 is 4.79 Å². The zero-order valence-electron chi connectivity index (χ0n) is 6.25. The van der Waals surface area contributed by atoms with Crippen molar-refractivity contribution in [3.63, 3.8) is 0 Å². The van der Waals surface area contributed by atoms with Crippen molar-refractivity contribution >= 4 is 5.91 Å². The number of nitrogens with zero attached hydrogens (tertiary/aromatic N) is 1. The summed E-state index contributed by atoms with van der Waals surface area (Å²) in [5.74, 6) is -0.865. The van der Waals surface area contributed by atoms with Gasteiger partial charge in [-0.2, -0.15) is 4.85 Å². The molecule has 0 saturated carbocycles. The minimum absolute atomic E-state index is 0.0593. The van der Waals surface area contributed by atoms with Crippen LogP contribution < -0.4 is 0 Å². The van der Waals surface area contributed by atoms with Crippen LogP contribution in [-0.2, 0) is 11.2 Å². The van der Waals surface area contributed by atoms with E-state index in [0.717, 1.165) is 0 Å². The molecule has 0 aliphatic carbocycles. The first-order chi connectivity index (χ1) is 5.72. The van der Waals surface area contributed by atoms with Crippen LogP contribution in [0.2, 0.25) is 0 Å². The maximum absolute atomic E-state index is 12.4. The maximum atomic E-state index is 12.4. The predicted molar refractivity (Wildman–Crippen MR) is 41.7 cm³/mol. The van der Waals surface area contributed by atoms with E-state index in [2.05, 4.69) is 4.85 Å². The fourth-order valence-electron chi connectivity index (χ4n) is 0.816. The van der Waals surface area contributed by atoms with Gasteiger partial charge in [0.25, 0.3) is 0 Å². The van der Waals surface area contributed by atoms with Crippen molar-refractivity contribution in [3.8, 4) is 0 Å². The van der Waals surface area contributed by atoms with E-state index < -0.39 is 5.91 Å². The Morgan fingerprint density at radius 1 is 1.42 bits per heavy atom. The molecule has 2 nitrogen and oxygen atoms in total. The van der Waals surface area contributed by atoms with E-state index in [-0.39, 0.29) is 12.2 Å². The quantitative estimate of drug-likeness (QED) is 0.609. The lowest BCUT2D eigenvalue weighted by molar-refractivity contribution is -0.114. The summed E-state index contributed by atoms with van der Waals surface area (Å²) in [4.78, 5) is 13.3. The zero-order valence-corrected chi connectivity index (χ0v) is 6.25. The maximum Gasteiger partial charge on any atom is 0.359 e. The Balaban J connectivity index is 2.73. The van der Waals surface area contributed by atoms with Crippen LogP contribution in [0, 0.1) is 12.4 Å². The molecule has 1 rings (SSSR count). The molecule has 12 heavy (non-hydrogen) atoms. The van der Waals surface area contributed by atoms with E-state index in [1.165, 1.54) is 24.3 Å². The summed E-state index contributed by atoms with van der Waals surface area (Å²) in [5.41, 5.74) is 0.664. The molecule has 0 unspecified atom stereocenters. The van der Waals surface area contributed by atoms with Crippen LogP contribution in [0.4, 0.5) is 4.39 Å². The second-order valence-electron chi connectivity index (χ2n) is 2.31. The van der Waals surface area contributed by atoms with Gasteiger partial charge in [-0.1, -0.05) is 12.1 Å². The van der Waals surface area contributed by atoms with Gasteiger partial charge in [0, 0.05) is 6.42 Å². The van der Waals surface area contributed by atoms with Crippen LogP contribution in [0.25, 0.3) is 4.85 Å². The van der Waals surface area contributed by atoms with Crippen LogP contribution in [0.3, 0.4) is 0 Å². The molecule has 3 heteroatoms. The monoisotopic (exact) mass is 163 g/mol. The molecule has 60 valence electrons. The highest BCUT2D eigenvalue weighted by Gasteiger charge is 2.01. The number of rotatable bonds is 2. The molecular weight excluding hydrogens is 157 g/mol. The van der Waals surface area contributed by atoms with E-state index in [1.54, 1.807) is 0 Å². The molecule has 1 aromatic rings. The van der Waals surface area contributed by atoms with Crippen LogP contribution in [-0.4, -0.2) is 5.91 Å². The summed E-state index contributed by atoms with van der Waals surface area (Å²) in [7, 11) is 0. The highest BCUT2D eigenvalue weighted by molar-refractivity contribution is 5.87. The molecular formula is C9H6FNO. The molecule has 1 amide bonds. The average molecular weight is 163 g/mol. The van der Waals surface area contributed by atoms with Gasteiger partial charge in [-0.05, 0) is 17.7 Å². The third-order valence-corrected chi connectivity index (χ3v) is 1.39. The summed E-state index contributed by atoms with van der Waals surface area (Å²) < 4.78 is 12.4. The summed E-state index contributed by atoms with van der Waals surface area (Å²) in [6, 6.07) is 5.54. The number of carbonyl (C=O) groups excluding carboxylic acids is 1. The topological polar surface area (TPSA) is 21.4 Å². The number of hydrogen-bond acceptors (Lipinski definition) is 1. The van der Waals surface area contributed by atoms with E-state index in [1.807, 2.05) is 0 Å². The largest absolute Gasteiger partial charge is 0.359 e. The van der Waals surface area contributed by atoms with Crippen molar-refractivity contribution in [1.29, 1.82) is 0 Å². The van der Waals surface area contributed by atoms with Crippen molar-refractivity contribution in [3.05, 3.63) is 47.1 Å². The molecule has 0 fully saturated rings. The van der Waals surface area contributed by atoms with Crippen molar-refractivity contribution in [1.82, 2.24) is 0 Å². The Kier molecular flexibility index (Phi) is 2.54. The molecule has 0 saturated heterocycles. The van der Waals surface area contributed by atoms with Crippen molar-refractivity contribution < 1.29 is 9.18 Å². The number of carbonyl (C=O) groups is 1. The smallest absolute Gasteiger partial charge is 0.315 e. The minimum atomic E-state index is -0.526. The number of halogens is 1. The molecule has 0 aromatic heterocycles. The summed E-state index contributed by atoms with van der Waals surface area (Å²) in [5, 5.41) is 0. The molecule has 0 spiro atoms. The van der Waals surface area contributed by atoms with Gasteiger partial charge in [-0.3, -0.25) is 0 Å². The molecule has 0 bridgehead atoms. The van der Waals surface area contributed by atoms with E-state index in [4.69, 9.17) is 6.57 Å². The third-order valence-electron chi connectivity index (χ3n) is 1.39. The van der Waals surface area contributed by atoms with Crippen molar-refractivity contribution in [2.75, 3.05) is 0 Å². The lowest BCUT2D eigenvalue weighted by Crippen LogP contribution is -1.95. The van der Waals surface area contributed by atoms with E-state index >= 15 is 0 Å². The van der Waals surface area contributed by atoms with Crippen LogP contribution in [0.15, 0.2) is 24.3 Å². The van der Waals surface area contributed by atoms with Gasteiger partial charge in [0.2, 0.25) is 0 Å². The Bertz CT molecular complexity index is 323. The molecule has 0 aliphatic heterocycles. The molecule has 0 N–H and O–H groups in total. The molecule has 0 aliphatic rings.